The monoisotopic (exact) mass is 1160 g/mol. The maximum Gasteiger partial charge on any atom is 0.372 e. The number of allylic oxidation sites excluding steroid dienone is 2. The van der Waals surface area contributed by atoms with Crippen LogP contribution in [0.5, 0.6) is 0 Å². The van der Waals surface area contributed by atoms with Crippen LogP contribution in [0.2, 0.25) is 5.02 Å². The molecule has 1 aliphatic heterocycles. The Balaban J connectivity index is 0.00000135. The molecule has 452 valence electrons. The zero-order chi connectivity index (χ0) is 59.8. The molecule has 1 aliphatic rings. The van der Waals surface area contributed by atoms with Gasteiger partial charge in [-0.05, 0) is 116 Å². The van der Waals surface area contributed by atoms with E-state index < -0.39 is 17.9 Å². The third-order valence-corrected chi connectivity index (χ3v) is 11.7. The van der Waals surface area contributed by atoms with Crippen LogP contribution in [0.1, 0.15) is 159 Å². The van der Waals surface area contributed by atoms with Crippen molar-refractivity contribution in [1.82, 2.24) is 0 Å². The fraction of sp³-hybridized carbons (Fsp3) is 0.649. The molecule has 1 saturated heterocycles. The first-order valence-electron chi connectivity index (χ1n) is 27.3. The quantitative estimate of drug-likeness (QED) is 0.0107. The van der Waals surface area contributed by atoms with Crippen LogP contribution in [0.4, 0.5) is 0 Å². The van der Waals surface area contributed by atoms with Crippen molar-refractivity contribution in [2.24, 2.45) is 17.8 Å². The van der Waals surface area contributed by atoms with Gasteiger partial charge in [-0.3, -0.25) is 48.0 Å². The summed E-state index contributed by atoms with van der Waals surface area (Å²) < 4.78 is 41.3. The van der Waals surface area contributed by atoms with E-state index in [1.54, 1.807) is 38.1 Å². The molecule has 22 nitrogen and oxygen atoms in total. The number of hydrogen-bond acceptors (Lipinski definition) is 22. The van der Waals surface area contributed by atoms with E-state index in [2.05, 4.69) is 18.0 Å². The summed E-state index contributed by atoms with van der Waals surface area (Å²) >= 11 is 5.56. The number of hydrogen-bond donors (Lipinski definition) is 3. The van der Waals surface area contributed by atoms with Crippen LogP contribution in [-0.4, -0.2) is 147 Å². The summed E-state index contributed by atoms with van der Waals surface area (Å²) in [5.74, 6) is -4.80. The number of Topliss-reactive ketones (excluding diaryl/α,β-unsaturated/α-hetero) is 2. The van der Waals surface area contributed by atoms with Gasteiger partial charge in [0, 0.05) is 56.8 Å². The number of carbonyl (C=O) groups excluding carboxylic acids is 10. The molecule has 4 unspecified atom stereocenters. The van der Waals surface area contributed by atoms with Gasteiger partial charge < -0.3 is 48.1 Å². The Bertz CT molecular complexity index is 2000. The molecule has 1 fully saturated rings. The molecule has 23 heteroatoms. The van der Waals surface area contributed by atoms with Gasteiger partial charge in [0.05, 0.1) is 95.1 Å². The molecule has 2 rings (SSSR count). The summed E-state index contributed by atoms with van der Waals surface area (Å²) in [6, 6.07) is 6.11. The highest BCUT2D eigenvalue weighted by Gasteiger charge is 2.31. The van der Waals surface area contributed by atoms with Crippen LogP contribution in [0.25, 0.3) is 0 Å². The Morgan fingerprint density at radius 2 is 0.963 bits per heavy atom. The van der Waals surface area contributed by atoms with Gasteiger partial charge in [0.2, 0.25) is 0 Å². The van der Waals surface area contributed by atoms with E-state index in [0.717, 1.165) is 0 Å². The van der Waals surface area contributed by atoms with Gasteiger partial charge in [-0.2, -0.15) is 5.26 Å². The van der Waals surface area contributed by atoms with Crippen molar-refractivity contribution >= 4 is 70.9 Å². The maximum absolute atomic E-state index is 12.7. The number of benzene rings is 1. The summed E-state index contributed by atoms with van der Waals surface area (Å²) in [5.41, 5.74) is 0.222. The zero-order valence-electron chi connectivity index (χ0n) is 46.6. The van der Waals surface area contributed by atoms with E-state index in [4.69, 9.17) is 65.0 Å². The van der Waals surface area contributed by atoms with E-state index in [1.165, 1.54) is 12.1 Å². The van der Waals surface area contributed by atoms with Crippen molar-refractivity contribution in [3.8, 4) is 0 Å². The molecule has 0 radical (unpaired) electrons. The highest BCUT2D eigenvalue weighted by Crippen LogP contribution is 2.25. The Kier molecular flexibility index (Phi) is 45.1. The minimum absolute atomic E-state index is 0.0112. The third-order valence-electron chi connectivity index (χ3n) is 11.5. The van der Waals surface area contributed by atoms with Crippen LogP contribution in [0.3, 0.4) is 0 Å². The third kappa shape index (κ3) is 41.0. The Labute approximate surface area is 474 Å². The van der Waals surface area contributed by atoms with Crippen molar-refractivity contribution in [1.29, 1.82) is 0 Å². The lowest BCUT2D eigenvalue weighted by Gasteiger charge is -2.17. The fourth-order valence-electron chi connectivity index (χ4n) is 7.16. The normalized spacial score (nSPS) is 13.1. The second-order valence-electron chi connectivity index (χ2n) is 18.1. The highest BCUT2D eigenvalue weighted by atomic mass is 35.5. The first-order chi connectivity index (χ1) is 38.5. The number of epoxide rings is 1. The number of ketones is 2. The van der Waals surface area contributed by atoms with Crippen molar-refractivity contribution in [2.45, 2.75) is 155 Å². The van der Waals surface area contributed by atoms with E-state index >= 15 is 0 Å². The molecule has 1 heterocycles. The molecule has 80 heavy (non-hydrogen) atoms. The molecule has 0 bridgehead atoms. The van der Waals surface area contributed by atoms with Crippen LogP contribution in [-0.2, 0) is 85.9 Å². The summed E-state index contributed by atoms with van der Waals surface area (Å²) in [5, 5.41) is 25.8. The smallest absolute Gasteiger partial charge is 0.372 e. The number of unbranched alkanes of at least 4 members (excludes halogenated alkanes) is 2. The van der Waals surface area contributed by atoms with Crippen LogP contribution >= 0.6 is 11.6 Å². The Hall–Kier alpha value is -6.07. The number of rotatable bonds is 44. The van der Waals surface area contributed by atoms with Gasteiger partial charge in [-0.15, -0.1) is 13.2 Å². The molecule has 4 atom stereocenters. The minimum Gasteiger partial charge on any atom is -0.466 e. The molecule has 1 aromatic carbocycles. The first kappa shape index (κ1) is 73.9. The SMILES string of the molecule is C=CCC(CCCOC(=O)C(CCCOC(=O)CCC(=O)CCO)CC1CO1)C(=O)OCCCCC(=O)OCC.C=CCC(CCCOC(=O)CCC(=O)CCO)C(=O)OCCCCC(=O)OCC.O=C(OO)c1cccc(Cl)c1. The molecule has 0 saturated carbocycles. The number of ether oxygens (including phenoxy) is 8. The Morgan fingerprint density at radius 3 is 1.35 bits per heavy atom. The first-order valence-corrected chi connectivity index (χ1v) is 27.7. The summed E-state index contributed by atoms with van der Waals surface area (Å²) in [7, 11) is 0. The summed E-state index contributed by atoms with van der Waals surface area (Å²) in [6.07, 6.45) is 10.7. The van der Waals surface area contributed by atoms with Crippen LogP contribution < -0.4 is 0 Å². The predicted molar refractivity (Wildman–Crippen MR) is 289 cm³/mol. The van der Waals surface area contributed by atoms with E-state index in [9.17, 15) is 47.9 Å². The lowest BCUT2D eigenvalue weighted by molar-refractivity contribution is -0.182. The van der Waals surface area contributed by atoms with Gasteiger partial charge >= 0.3 is 47.8 Å². The predicted octanol–water partition coefficient (Wildman–Crippen LogP) is 7.72. The lowest BCUT2D eigenvalue weighted by Crippen LogP contribution is -2.22. The van der Waals surface area contributed by atoms with Gasteiger partial charge in [-0.25, -0.2) is 4.79 Å². The van der Waals surface area contributed by atoms with Crippen molar-refractivity contribution in [2.75, 3.05) is 66.1 Å². The number of aliphatic hydroxyl groups is 2. The Morgan fingerprint density at radius 1 is 0.562 bits per heavy atom. The van der Waals surface area contributed by atoms with Crippen molar-refractivity contribution in [3.63, 3.8) is 0 Å². The van der Waals surface area contributed by atoms with Gasteiger partial charge in [0.15, 0.2) is 0 Å². The number of aliphatic hydroxyl groups excluding tert-OH is 2. The molecular formula is C57H85ClO22. The van der Waals surface area contributed by atoms with Gasteiger partial charge in [0.1, 0.15) is 11.6 Å². The maximum atomic E-state index is 12.7. The number of esters is 7. The molecular weight excluding hydrogens is 1070 g/mol. The van der Waals surface area contributed by atoms with Crippen LogP contribution in [0.15, 0.2) is 49.6 Å². The van der Waals surface area contributed by atoms with E-state index in [0.29, 0.717) is 121 Å². The number of carbonyl (C=O) groups is 10. The molecule has 1 aromatic rings. The summed E-state index contributed by atoms with van der Waals surface area (Å²) in [4.78, 5) is 120. The summed E-state index contributed by atoms with van der Waals surface area (Å²) in [6.45, 7) is 12.6. The van der Waals surface area contributed by atoms with Gasteiger partial charge in [-0.1, -0.05) is 29.8 Å². The zero-order valence-corrected chi connectivity index (χ0v) is 47.3. The lowest BCUT2D eigenvalue weighted by atomic mass is 9.98. The largest absolute Gasteiger partial charge is 0.466 e. The van der Waals surface area contributed by atoms with Gasteiger partial charge in [0.25, 0.3) is 0 Å². The highest BCUT2D eigenvalue weighted by molar-refractivity contribution is 6.30. The van der Waals surface area contributed by atoms with E-state index in [-0.39, 0.29) is 156 Å². The topological polar surface area (TPSA) is 318 Å². The standard InChI is InChI=1S/C29H46O11.C21H34O8.C7H5ClO3/c1-3-9-22(28(34)38-17-6-5-12-26(32)36-4-2)10-7-19-39-29(35)23(20-25-21-40-25)11-8-18-37-27(33)14-13-24(31)15-16-30;1-3-8-17(21(26)29-15-6-5-10-19(24)27-4-2)9-7-16-28-20(25)12-11-18(23)13-14-22;8-6-3-1-2-5(4-6)7(9)11-10/h3,22-23,25,30H,1,4-21H2,2H3;3,17,22H,1,4-16H2,2H3;1-4,10H. The average Bonchev–Trinajstić information content (AvgIpc) is 4.26. The second kappa shape index (κ2) is 48.8. The average molecular weight is 1160 g/mol. The molecule has 0 aliphatic carbocycles. The molecule has 0 spiro atoms. The number of halogens is 1. The second-order valence-corrected chi connectivity index (χ2v) is 18.6. The van der Waals surface area contributed by atoms with Crippen LogP contribution in [0, 0.1) is 17.8 Å². The van der Waals surface area contributed by atoms with Crippen molar-refractivity contribution in [3.05, 3.63) is 60.2 Å². The molecule has 0 amide bonds. The van der Waals surface area contributed by atoms with E-state index in [1.807, 2.05) is 0 Å². The minimum atomic E-state index is -0.813. The fourth-order valence-corrected chi connectivity index (χ4v) is 7.35. The molecule has 0 aromatic heterocycles. The van der Waals surface area contributed by atoms with Crippen molar-refractivity contribution < 1.29 is 106 Å². The molecule has 3 N–H and O–H groups in total.